The molecule has 0 amide bonds. The predicted molar refractivity (Wildman–Crippen MR) is 165 cm³/mol. The molecule has 6 rings (SSSR count). The molecule has 0 unspecified atom stereocenters. The van der Waals surface area contributed by atoms with E-state index in [9.17, 15) is 5.11 Å². The normalized spacial score (nSPS) is 15.7. The van der Waals surface area contributed by atoms with Crippen LogP contribution in [0.15, 0.2) is 60.9 Å². The van der Waals surface area contributed by atoms with Crippen molar-refractivity contribution < 1.29 is 5.11 Å². The van der Waals surface area contributed by atoms with Crippen molar-refractivity contribution in [1.82, 2.24) is 19.9 Å². The first-order valence-corrected chi connectivity index (χ1v) is 14.8. The van der Waals surface area contributed by atoms with Crippen LogP contribution in [0.2, 0.25) is 0 Å². The van der Waals surface area contributed by atoms with Gasteiger partial charge >= 0.3 is 0 Å². The van der Waals surface area contributed by atoms with Gasteiger partial charge in [0, 0.05) is 53.5 Å². The Hall–Kier alpha value is -3.65. The fourth-order valence-corrected chi connectivity index (χ4v) is 6.80. The van der Waals surface area contributed by atoms with Crippen LogP contribution in [-0.4, -0.2) is 44.2 Å². The number of benzene rings is 2. The molecule has 0 spiro atoms. The van der Waals surface area contributed by atoms with E-state index in [1.165, 1.54) is 32.8 Å². The molecule has 1 aliphatic rings. The molecule has 6 nitrogen and oxygen atoms in total. The summed E-state index contributed by atoms with van der Waals surface area (Å²) in [5, 5.41) is 15.6. The molecule has 1 saturated heterocycles. The van der Waals surface area contributed by atoms with Crippen LogP contribution < -0.4 is 5.32 Å². The van der Waals surface area contributed by atoms with Gasteiger partial charge in [0.2, 0.25) is 0 Å². The Morgan fingerprint density at radius 1 is 1.00 bits per heavy atom. The number of hydrogen-bond donors (Lipinski definition) is 2. The zero-order chi connectivity index (χ0) is 27.8. The smallest absolute Gasteiger partial charge is 0.156 e. The number of nitrogens with one attached hydrogen (secondary N) is 1. The lowest BCUT2D eigenvalue weighted by Crippen LogP contribution is -2.21. The van der Waals surface area contributed by atoms with Crippen LogP contribution in [0.3, 0.4) is 0 Å². The highest BCUT2D eigenvalue weighted by atomic mass is 32.1. The number of fused-ring (bicyclic) bond motifs is 1. The molecule has 7 heteroatoms. The highest BCUT2D eigenvalue weighted by Crippen LogP contribution is 2.38. The van der Waals surface area contributed by atoms with Crippen molar-refractivity contribution in [2.45, 2.75) is 53.2 Å². The molecule has 0 radical (unpaired) electrons. The average Bonchev–Trinajstić information content (AvgIpc) is 3.54. The van der Waals surface area contributed by atoms with Crippen molar-refractivity contribution in [2.75, 3.05) is 18.4 Å². The van der Waals surface area contributed by atoms with E-state index in [-0.39, 0.29) is 6.10 Å². The van der Waals surface area contributed by atoms with Gasteiger partial charge in [0.1, 0.15) is 10.5 Å². The molecular weight excluding hydrogens is 514 g/mol. The fraction of sp³-hybridized carbons (Fsp3) is 0.303. The molecule has 0 aliphatic carbocycles. The standard InChI is InChI=1S/C33H35N5OS/c1-5-29-22(4)40-33(37-29)28-10-6-8-26(20(28)2)27-9-7-11-30(21(27)3)36-32-31-24(12-14-34-32)16-23(17-35-31)18-38-15-13-25(39)19-38/h6-12,14,16-17,25,39H,5,13,15,18-19H2,1-4H3,(H,34,36)/t25-/m0/s1. The molecule has 4 heterocycles. The monoisotopic (exact) mass is 549 g/mol. The highest BCUT2D eigenvalue weighted by molar-refractivity contribution is 7.15. The highest BCUT2D eigenvalue weighted by Gasteiger charge is 2.20. The van der Waals surface area contributed by atoms with E-state index in [0.717, 1.165) is 71.0 Å². The van der Waals surface area contributed by atoms with Crippen LogP contribution in [0.5, 0.6) is 0 Å². The minimum Gasteiger partial charge on any atom is -0.392 e. The minimum absolute atomic E-state index is 0.218. The summed E-state index contributed by atoms with van der Waals surface area (Å²) in [4.78, 5) is 18.0. The van der Waals surface area contributed by atoms with E-state index in [1.807, 2.05) is 18.5 Å². The molecule has 0 bridgehead atoms. The number of rotatable bonds is 7. The molecule has 204 valence electrons. The van der Waals surface area contributed by atoms with Crippen molar-refractivity contribution in [3.05, 3.63) is 88.2 Å². The number of β-amino-alcohol motifs (C(OH)–C–C–N with tert-alkyl or cyclic N) is 1. The largest absolute Gasteiger partial charge is 0.392 e. The van der Waals surface area contributed by atoms with Gasteiger partial charge in [0.15, 0.2) is 5.82 Å². The maximum atomic E-state index is 9.87. The Kier molecular flexibility index (Phi) is 7.36. The number of anilines is 2. The Morgan fingerprint density at radius 2 is 1.77 bits per heavy atom. The van der Waals surface area contributed by atoms with E-state index < -0.39 is 0 Å². The number of aliphatic hydroxyl groups is 1. The fourth-order valence-electron chi connectivity index (χ4n) is 5.72. The number of thiazole rings is 1. The second kappa shape index (κ2) is 11.1. The first-order chi connectivity index (χ1) is 19.4. The van der Waals surface area contributed by atoms with Crippen molar-refractivity contribution in [1.29, 1.82) is 0 Å². The summed E-state index contributed by atoms with van der Waals surface area (Å²) in [7, 11) is 0. The van der Waals surface area contributed by atoms with Gasteiger partial charge in [-0.05, 0) is 79.6 Å². The second-order valence-electron chi connectivity index (χ2n) is 10.7. The molecule has 1 aliphatic heterocycles. The quantitative estimate of drug-likeness (QED) is 0.223. The van der Waals surface area contributed by atoms with Gasteiger partial charge in [-0.3, -0.25) is 9.88 Å². The van der Waals surface area contributed by atoms with E-state index in [1.54, 1.807) is 11.3 Å². The van der Waals surface area contributed by atoms with Crippen LogP contribution in [0, 0.1) is 20.8 Å². The molecule has 3 aromatic heterocycles. The van der Waals surface area contributed by atoms with Gasteiger partial charge in [-0.25, -0.2) is 9.97 Å². The minimum atomic E-state index is -0.218. The van der Waals surface area contributed by atoms with E-state index in [2.05, 4.69) is 85.4 Å². The Balaban J connectivity index is 1.31. The lowest BCUT2D eigenvalue weighted by molar-refractivity contribution is 0.175. The third-order valence-corrected chi connectivity index (χ3v) is 9.02. The number of nitrogens with zero attached hydrogens (tertiary/aromatic N) is 4. The maximum Gasteiger partial charge on any atom is 0.156 e. The summed E-state index contributed by atoms with van der Waals surface area (Å²) in [5.41, 5.74) is 10.2. The number of likely N-dealkylation sites (tertiary alicyclic amines) is 1. The summed E-state index contributed by atoms with van der Waals surface area (Å²) >= 11 is 1.78. The number of aliphatic hydroxyl groups excluding tert-OH is 1. The summed E-state index contributed by atoms with van der Waals surface area (Å²) < 4.78 is 0. The molecule has 40 heavy (non-hydrogen) atoms. The molecule has 1 fully saturated rings. The third kappa shape index (κ3) is 5.12. The van der Waals surface area contributed by atoms with Crippen molar-refractivity contribution in [3.63, 3.8) is 0 Å². The Bertz CT molecular complexity index is 1690. The Labute approximate surface area is 239 Å². The second-order valence-corrected chi connectivity index (χ2v) is 11.9. The van der Waals surface area contributed by atoms with Crippen molar-refractivity contribution in [3.8, 4) is 21.7 Å². The number of hydrogen-bond acceptors (Lipinski definition) is 7. The molecule has 5 aromatic rings. The van der Waals surface area contributed by atoms with Crippen LogP contribution >= 0.6 is 11.3 Å². The number of aryl methyl sites for hydroxylation is 2. The van der Waals surface area contributed by atoms with E-state index in [4.69, 9.17) is 9.97 Å². The topological polar surface area (TPSA) is 74.2 Å². The van der Waals surface area contributed by atoms with Gasteiger partial charge in [-0.15, -0.1) is 11.3 Å². The zero-order valence-corrected chi connectivity index (χ0v) is 24.3. The van der Waals surface area contributed by atoms with Gasteiger partial charge < -0.3 is 10.4 Å². The molecule has 2 N–H and O–H groups in total. The van der Waals surface area contributed by atoms with Crippen molar-refractivity contribution >= 4 is 33.7 Å². The van der Waals surface area contributed by atoms with Crippen LogP contribution in [0.4, 0.5) is 11.5 Å². The van der Waals surface area contributed by atoms with Crippen LogP contribution in [0.25, 0.3) is 32.6 Å². The van der Waals surface area contributed by atoms with Gasteiger partial charge in [0.25, 0.3) is 0 Å². The summed E-state index contributed by atoms with van der Waals surface area (Å²) in [5.74, 6) is 0.747. The Morgan fingerprint density at radius 3 is 2.52 bits per heavy atom. The predicted octanol–water partition coefficient (Wildman–Crippen LogP) is 7.22. The van der Waals surface area contributed by atoms with E-state index in [0.29, 0.717) is 0 Å². The first-order valence-electron chi connectivity index (χ1n) is 14.0. The third-order valence-electron chi connectivity index (χ3n) is 7.98. The number of pyridine rings is 2. The van der Waals surface area contributed by atoms with E-state index >= 15 is 0 Å². The van der Waals surface area contributed by atoms with Gasteiger partial charge in [-0.2, -0.15) is 0 Å². The van der Waals surface area contributed by atoms with Gasteiger partial charge in [-0.1, -0.05) is 37.3 Å². The van der Waals surface area contributed by atoms with Crippen LogP contribution in [-0.2, 0) is 13.0 Å². The molecule has 2 aromatic carbocycles. The summed E-state index contributed by atoms with van der Waals surface area (Å²) in [6, 6.07) is 17.1. The zero-order valence-electron chi connectivity index (χ0n) is 23.5. The lowest BCUT2D eigenvalue weighted by Gasteiger charge is -2.17. The molecular formula is C33H35N5OS. The molecule has 0 saturated carbocycles. The average molecular weight is 550 g/mol. The summed E-state index contributed by atoms with van der Waals surface area (Å²) in [6.07, 6.45) is 5.34. The SMILES string of the molecule is CCc1nc(-c2cccc(-c3cccc(Nc4nccc5cc(CN6CC[C@H](O)C6)cnc45)c3C)c2C)sc1C. The van der Waals surface area contributed by atoms with Gasteiger partial charge in [0.05, 0.1) is 11.8 Å². The maximum absolute atomic E-state index is 9.87. The number of aromatic nitrogens is 3. The molecule has 1 atom stereocenters. The first kappa shape index (κ1) is 26.6. The van der Waals surface area contributed by atoms with Crippen molar-refractivity contribution in [2.24, 2.45) is 0 Å². The van der Waals surface area contributed by atoms with Crippen LogP contribution in [0.1, 0.15) is 40.6 Å². The summed E-state index contributed by atoms with van der Waals surface area (Å²) in [6.45, 7) is 11.1. The lowest BCUT2D eigenvalue weighted by atomic mass is 9.93.